The first-order valence-electron chi connectivity index (χ1n) is 10.6. The molecule has 1 aliphatic heterocycles. The van der Waals surface area contributed by atoms with E-state index in [1.165, 1.54) is 24.5 Å². The van der Waals surface area contributed by atoms with E-state index in [0.717, 1.165) is 11.2 Å². The van der Waals surface area contributed by atoms with Crippen molar-refractivity contribution in [3.05, 3.63) is 65.9 Å². The van der Waals surface area contributed by atoms with Crippen LogP contribution in [0.3, 0.4) is 0 Å². The van der Waals surface area contributed by atoms with Crippen LogP contribution in [0, 0.1) is 5.82 Å². The van der Waals surface area contributed by atoms with Gasteiger partial charge in [-0.15, -0.1) is 4.80 Å². The molecule has 168 valence electrons. The van der Waals surface area contributed by atoms with Crippen LogP contribution in [0.2, 0.25) is 0 Å². The molecule has 0 aliphatic carbocycles. The first-order chi connectivity index (χ1) is 15.3. The van der Waals surface area contributed by atoms with Gasteiger partial charge in [0.2, 0.25) is 5.88 Å². The Morgan fingerprint density at radius 1 is 1.16 bits per heavy atom. The average molecular weight is 439 g/mol. The van der Waals surface area contributed by atoms with Gasteiger partial charge >= 0.3 is 0 Å². The van der Waals surface area contributed by atoms with Crippen LogP contribution < -0.4 is 4.74 Å². The van der Waals surface area contributed by atoms with Crippen molar-refractivity contribution in [1.29, 1.82) is 0 Å². The molecular formula is C23H26FN5O3. The van der Waals surface area contributed by atoms with Crippen molar-refractivity contribution in [3.63, 3.8) is 0 Å². The Labute approximate surface area is 185 Å². The molecule has 9 heteroatoms. The van der Waals surface area contributed by atoms with Crippen LogP contribution in [0.25, 0.3) is 5.69 Å². The minimum absolute atomic E-state index is 0.0202. The van der Waals surface area contributed by atoms with Gasteiger partial charge in [-0.3, -0.25) is 4.79 Å². The quantitative estimate of drug-likeness (QED) is 0.657. The number of hydrogen-bond acceptors (Lipinski definition) is 6. The molecule has 0 bridgehead atoms. The largest absolute Gasteiger partial charge is 0.472 e. The number of amides is 1. The third-order valence-corrected chi connectivity index (χ3v) is 5.64. The maximum atomic E-state index is 14.6. The van der Waals surface area contributed by atoms with Crippen molar-refractivity contribution in [1.82, 2.24) is 24.9 Å². The van der Waals surface area contributed by atoms with Crippen molar-refractivity contribution in [3.8, 4) is 11.6 Å². The van der Waals surface area contributed by atoms with Crippen LogP contribution in [-0.2, 0) is 5.60 Å². The zero-order chi connectivity index (χ0) is 22.9. The summed E-state index contributed by atoms with van der Waals surface area (Å²) in [5.41, 5.74) is -0.335. The third-order valence-electron chi connectivity index (χ3n) is 5.64. The monoisotopic (exact) mass is 439 g/mol. The number of carbonyl (C=O) groups excluding carboxylic acids is 1. The predicted octanol–water partition coefficient (Wildman–Crippen LogP) is 3.10. The number of ether oxygens (including phenoxy) is 1. The molecule has 0 saturated carbocycles. The SMILES string of the molecule is C[C@@H]1CC[C@@H](Oc2ncccc2C(C)(C)O)CN1C(=O)c1cccc(F)c1-n1nccn1. The van der Waals surface area contributed by atoms with Gasteiger partial charge in [-0.2, -0.15) is 10.2 Å². The van der Waals surface area contributed by atoms with E-state index in [0.29, 0.717) is 24.4 Å². The summed E-state index contributed by atoms with van der Waals surface area (Å²) in [6, 6.07) is 7.82. The molecule has 1 aliphatic rings. The summed E-state index contributed by atoms with van der Waals surface area (Å²) in [6.45, 7) is 5.61. The third kappa shape index (κ3) is 4.34. The standard InChI is InChI=1S/C23H26FN5O3/c1-15-9-10-16(32-21-18(23(2,3)31)7-5-11-25-21)14-28(15)22(30)17-6-4-8-19(24)20(17)29-26-12-13-27-29/h4-8,11-13,15-16,31H,9-10,14H2,1-3H3/t15-,16-/m1/s1. The summed E-state index contributed by atoms with van der Waals surface area (Å²) in [6.07, 6.45) is 5.60. The molecule has 3 aromatic rings. The molecule has 8 nitrogen and oxygen atoms in total. The Morgan fingerprint density at radius 2 is 1.91 bits per heavy atom. The summed E-state index contributed by atoms with van der Waals surface area (Å²) >= 11 is 0. The molecule has 0 radical (unpaired) electrons. The summed E-state index contributed by atoms with van der Waals surface area (Å²) in [5, 5.41) is 18.4. The van der Waals surface area contributed by atoms with Crippen molar-refractivity contribution in [2.45, 2.75) is 51.4 Å². The number of rotatable bonds is 5. The molecule has 1 fully saturated rings. The maximum absolute atomic E-state index is 14.6. The lowest BCUT2D eigenvalue weighted by Crippen LogP contribution is -2.49. The lowest BCUT2D eigenvalue weighted by molar-refractivity contribution is 0.0325. The predicted molar refractivity (Wildman–Crippen MR) is 115 cm³/mol. The lowest BCUT2D eigenvalue weighted by Gasteiger charge is -2.38. The van der Waals surface area contributed by atoms with Gasteiger partial charge in [0, 0.05) is 17.8 Å². The highest BCUT2D eigenvalue weighted by molar-refractivity contribution is 5.98. The van der Waals surface area contributed by atoms with Crippen LogP contribution in [-0.4, -0.2) is 54.6 Å². The molecule has 1 amide bonds. The van der Waals surface area contributed by atoms with Gasteiger partial charge in [-0.25, -0.2) is 9.37 Å². The number of benzene rings is 1. The number of para-hydroxylation sites is 1. The Hall–Kier alpha value is -3.33. The van der Waals surface area contributed by atoms with Crippen LogP contribution in [0.15, 0.2) is 48.9 Å². The molecule has 0 unspecified atom stereocenters. The maximum Gasteiger partial charge on any atom is 0.256 e. The van der Waals surface area contributed by atoms with Crippen molar-refractivity contribution < 1.29 is 19.0 Å². The number of nitrogens with zero attached hydrogens (tertiary/aromatic N) is 5. The van der Waals surface area contributed by atoms with E-state index in [4.69, 9.17) is 4.74 Å². The van der Waals surface area contributed by atoms with Crippen LogP contribution in [0.4, 0.5) is 4.39 Å². The fraction of sp³-hybridized carbons (Fsp3) is 0.391. The smallest absolute Gasteiger partial charge is 0.256 e. The fourth-order valence-electron chi connectivity index (χ4n) is 3.94. The second-order valence-corrected chi connectivity index (χ2v) is 8.49. The summed E-state index contributed by atoms with van der Waals surface area (Å²) in [7, 11) is 0. The van der Waals surface area contributed by atoms with Crippen LogP contribution in [0.5, 0.6) is 5.88 Å². The molecule has 2 atom stereocenters. The molecular weight excluding hydrogens is 413 g/mol. The van der Waals surface area contributed by atoms with E-state index < -0.39 is 11.4 Å². The van der Waals surface area contributed by atoms with Crippen molar-refractivity contribution >= 4 is 5.91 Å². The Kier molecular flexibility index (Phi) is 5.92. The summed E-state index contributed by atoms with van der Waals surface area (Å²) < 4.78 is 20.8. The number of pyridine rings is 1. The van der Waals surface area contributed by atoms with E-state index >= 15 is 0 Å². The van der Waals surface area contributed by atoms with E-state index in [-0.39, 0.29) is 29.3 Å². The first-order valence-corrected chi connectivity index (χ1v) is 10.6. The van der Waals surface area contributed by atoms with Gasteiger partial charge in [0.25, 0.3) is 5.91 Å². The lowest BCUT2D eigenvalue weighted by atomic mass is 9.98. The normalized spacial score (nSPS) is 19.1. The topological polar surface area (TPSA) is 93.4 Å². The number of hydrogen-bond donors (Lipinski definition) is 1. The van der Waals surface area contributed by atoms with Gasteiger partial charge < -0.3 is 14.7 Å². The summed E-state index contributed by atoms with van der Waals surface area (Å²) in [4.78, 5) is 20.6. The molecule has 0 spiro atoms. The van der Waals surface area contributed by atoms with E-state index in [2.05, 4.69) is 15.2 Å². The average Bonchev–Trinajstić information content (AvgIpc) is 3.28. The van der Waals surface area contributed by atoms with Gasteiger partial charge in [-0.05, 0) is 57.9 Å². The highest BCUT2D eigenvalue weighted by atomic mass is 19.1. The van der Waals surface area contributed by atoms with Gasteiger partial charge in [0.15, 0.2) is 5.82 Å². The molecule has 1 saturated heterocycles. The molecule has 4 rings (SSSR count). The van der Waals surface area contributed by atoms with E-state index in [1.807, 2.05) is 6.92 Å². The Morgan fingerprint density at radius 3 is 2.62 bits per heavy atom. The second-order valence-electron chi connectivity index (χ2n) is 8.49. The number of aromatic nitrogens is 4. The number of carbonyl (C=O) groups is 1. The Bertz CT molecular complexity index is 1100. The number of halogens is 1. The van der Waals surface area contributed by atoms with E-state index in [1.54, 1.807) is 43.1 Å². The number of piperidine rings is 1. The summed E-state index contributed by atoms with van der Waals surface area (Å²) in [5.74, 6) is -0.548. The van der Waals surface area contributed by atoms with Crippen molar-refractivity contribution in [2.75, 3.05) is 6.54 Å². The minimum atomic E-state index is -1.12. The fourth-order valence-corrected chi connectivity index (χ4v) is 3.94. The van der Waals surface area contributed by atoms with Crippen LogP contribution in [0.1, 0.15) is 49.5 Å². The molecule has 1 N–H and O–H groups in total. The highest BCUT2D eigenvalue weighted by Crippen LogP contribution is 2.30. The van der Waals surface area contributed by atoms with E-state index in [9.17, 15) is 14.3 Å². The second kappa shape index (κ2) is 8.66. The minimum Gasteiger partial charge on any atom is -0.472 e. The number of aliphatic hydroxyl groups is 1. The molecule has 3 heterocycles. The zero-order valence-corrected chi connectivity index (χ0v) is 18.3. The van der Waals surface area contributed by atoms with Gasteiger partial charge in [0.05, 0.1) is 30.1 Å². The zero-order valence-electron chi connectivity index (χ0n) is 18.3. The van der Waals surface area contributed by atoms with Crippen molar-refractivity contribution in [2.24, 2.45) is 0 Å². The highest BCUT2D eigenvalue weighted by Gasteiger charge is 2.34. The van der Waals surface area contributed by atoms with Gasteiger partial charge in [-0.1, -0.05) is 6.07 Å². The molecule has 1 aromatic carbocycles. The molecule has 2 aromatic heterocycles. The number of likely N-dealkylation sites (tertiary alicyclic amines) is 1. The first kappa shape index (κ1) is 21.9. The van der Waals surface area contributed by atoms with Gasteiger partial charge in [0.1, 0.15) is 11.8 Å². The van der Waals surface area contributed by atoms with Crippen LogP contribution >= 0.6 is 0 Å². The Balaban J connectivity index is 1.60. The molecule has 32 heavy (non-hydrogen) atoms.